The second-order valence-corrected chi connectivity index (χ2v) is 2.39. The Morgan fingerprint density at radius 2 is 1.80 bits per heavy atom. The second kappa shape index (κ2) is 10.7. The molecule has 0 saturated carbocycles. The van der Waals surface area contributed by atoms with Crippen molar-refractivity contribution in [1.82, 2.24) is 5.06 Å². The van der Waals surface area contributed by atoms with Crippen LogP contribution in [0.3, 0.4) is 0 Å². The number of hydroxylamine groups is 2. The molecule has 5 nitrogen and oxygen atoms in total. The minimum atomic E-state index is -0.600. The summed E-state index contributed by atoms with van der Waals surface area (Å²) in [5.74, 6) is -1.10. The van der Waals surface area contributed by atoms with Crippen molar-refractivity contribution in [1.29, 1.82) is 0 Å². The zero-order valence-electron chi connectivity index (χ0n) is 9.78. The third-order valence-electron chi connectivity index (χ3n) is 1.29. The zero-order valence-corrected chi connectivity index (χ0v) is 9.78. The molecule has 0 fully saturated rings. The fourth-order valence-electron chi connectivity index (χ4n) is 0.630. The van der Waals surface area contributed by atoms with Gasteiger partial charge in [-0.3, -0.25) is 9.59 Å². The lowest BCUT2D eigenvalue weighted by atomic mass is 10.3. The van der Waals surface area contributed by atoms with Crippen molar-refractivity contribution in [2.75, 3.05) is 0 Å². The van der Waals surface area contributed by atoms with Crippen molar-refractivity contribution < 1.29 is 19.2 Å². The smallest absolute Gasteiger partial charge is 0.331 e. The molecule has 0 aromatic rings. The number of carbonyl (C=O) groups excluding carboxylic acids is 3. The molecule has 0 unspecified atom stereocenters. The van der Waals surface area contributed by atoms with Crippen LogP contribution in [0.2, 0.25) is 0 Å². The summed E-state index contributed by atoms with van der Waals surface area (Å²) >= 11 is 0. The van der Waals surface area contributed by atoms with E-state index in [4.69, 9.17) is 0 Å². The Kier molecular flexibility index (Phi) is 11.4. The quantitative estimate of drug-likeness (QED) is 0.530. The highest BCUT2D eigenvalue weighted by molar-refractivity contribution is 5.86. The van der Waals surface area contributed by atoms with Crippen LogP contribution in [0.25, 0.3) is 0 Å². The molecule has 0 radical (unpaired) electrons. The molecule has 0 saturated heterocycles. The Hall–Kier alpha value is -1.39. The van der Waals surface area contributed by atoms with Gasteiger partial charge in [-0.05, 0) is 6.42 Å². The van der Waals surface area contributed by atoms with Crippen LogP contribution < -0.4 is 0 Å². The van der Waals surface area contributed by atoms with Crippen LogP contribution >= 0.6 is 0 Å². The summed E-state index contributed by atoms with van der Waals surface area (Å²) in [6.45, 7) is 7.37. The Morgan fingerprint density at radius 3 is 2.13 bits per heavy atom. The molecule has 15 heavy (non-hydrogen) atoms. The van der Waals surface area contributed by atoms with Gasteiger partial charge in [-0.1, -0.05) is 27.7 Å². The molecule has 0 rings (SSSR count). The zero-order chi connectivity index (χ0) is 12.3. The molecule has 88 valence electrons. The maximum absolute atomic E-state index is 11.0. The summed E-state index contributed by atoms with van der Waals surface area (Å²) in [4.78, 5) is 36.5. The van der Waals surface area contributed by atoms with Gasteiger partial charge in [0.1, 0.15) is 0 Å². The van der Waals surface area contributed by atoms with Crippen LogP contribution in [0.1, 0.15) is 47.0 Å². The van der Waals surface area contributed by atoms with Crippen LogP contribution in [0.15, 0.2) is 0 Å². The molecular formula is C10H19NO4. The normalized spacial score (nSPS) is 8.27. The predicted molar refractivity (Wildman–Crippen MR) is 55.5 cm³/mol. The predicted octanol–water partition coefficient (Wildman–Crippen LogP) is 1.67. The standard InChI is InChI=1S/C8H13NO4.C2H6/c1-3-5-7(11)9(6-10)13-8(12)4-2;1-2/h6H,3-5H2,1-2H3;1-2H3. The van der Waals surface area contributed by atoms with Crippen molar-refractivity contribution in [3.05, 3.63) is 0 Å². The highest BCUT2D eigenvalue weighted by Crippen LogP contribution is 1.97. The Labute approximate surface area is 90.3 Å². The van der Waals surface area contributed by atoms with Crippen molar-refractivity contribution in [2.45, 2.75) is 47.0 Å². The molecule has 2 amide bonds. The van der Waals surface area contributed by atoms with Gasteiger partial charge in [0, 0.05) is 12.8 Å². The molecule has 5 heteroatoms. The molecule has 0 atom stereocenters. The van der Waals surface area contributed by atoms with Crippen LogP contribution in [-0.4, -0.2) is 23.3 Å². The highest BCUT2D eigenvalue weighted by Gasteiger charge is 2.15. The third-order valence-corrected chi connectivity index (χ3v) is 1.29. The number of nitrogens with zero attached hydrogens (tertiary/aromatic N) is 1. The lowest BCUT2D eigenvalue weighted by molar-refractivity contribution is -0.196. The summed E-state index contributed by atoms with van der Waals surface area (Å²) in [7, 11) is 0. The molecule has 0 bridgehead atoms. The first kappa shape index (κ1) is 16.1. The number of carbonyl (C=O) groups is 3. The van der Waals surface area contributed by atoms with Gasteiger partial charge in [-0.15, -0.1) is 5.06 Å². The first-order valence-corrected chi connectivity index (χ1v) is 5.13. The second-order valence-electron chi connectivity index (χ2n) is 2.39. The first-order chi connectivity index (χ1) is 7.15. The first-order valence-electron chi connectivity index (χ1n) is 5.13. The maximum Gasteiger partial charge on any atom is 0.332 e. The number of hydrogen-bond donors (Lipinski definition) is 0. The average Bonchev–Trinajstić information content (AvgIpc) is 2.28. The summed E-state index contributed by atoms with van der Waals surface area (Å²) < 4.78 is 0. The maximum atomic E-state index is 11.0. The molecule has 0 aromatic heterocycles. The van der Waals surface area contributed by atoms with Crippen LogP contribution in [-0.2, 0) is 19.2 Å². The topological polar surface area (TPSA) is 63.7 Å². The van der Waals surface area contributed by atoms with Gasteiger partial charge < -0.3 is 4.84 Å². The molecule has 0 aliphatic carbocycles. The van der Waals surface area contributed by atoms with E-state index in [-0.39, 0.29) is 19.3 Å². The fraction of sp³-hybridized carbons (Fsp3) is 0.700. The highest BCUT2D eigenvalue weighted by atomic mass is 16.7. The molecule has 0 N–H and O–H groups in total. The molecule has 0 aliphatic heterocycles. The van der Waals surface area contributed by atoms with E-state index in [0.717, 1.165) is 0 Å². The van der Waals surface area contributed by atoms with E-state index >= 15 is 0 Å². The molecule has 0 heterocycles. The van der Waals surface area contributed by atoms with Crippen LogP contribution in [0.4, 0.5) is 0 Å². The average molecular weight is 217 g/mol. The van der Waals surface area contributed by atoms with Gasteiger partial charge in [0.05, 0.1) is 0 Å². The summed E-state index contributed by atoms with van der Waals surface area (Å²) in [5.41, 5.74) is 0. The number of imide groups is 1. The van der Waals surface area contributed by atoms with Gasteiger partial charge in [-0.2, -0.15) is 0 Å². The summed E-state index contributed by atoms with van der Waals surface area (Å²) in [5, 5.41) is 0.440. The SMILES string of the molecule is CC.CCCC(=O)N(C=O)OC(=O)CC. The van der Waals surface area contributed by atoms with E-state index < -0.39 is 11.9 Å². The minimum absolute atomic E-state index is 0.129. The van der Waals surface area contributed by atoms with Gasteiger partial charge in [-0.25, -0.2) is 4.79 Å². The number of rotatable bonds is 4. The minimum Gasteiger partial charge on any atom is -0.331 e. The van der Waals surface area contributed by atoms with Gasteiger partial charge in [0.25, 0.3) is 12.3 Å². The van der Waals surface area contributed by atoms with Crippen molar-refractivity contribution in [3.8, 4) is 0 Å². The lowest BCUT2D eigenvalue weighted by Crippen LogP contribution is -2.31. The summed E-state index contributed by atoms with van der Waals surface area (Å²) in [6, 6.07) is 0. The monoisotopic (exact) mass is 217 g/mol. The Balaban J connectivity index is 0. The van der Waals surface area contributed by atoms with Crippen LogP contribution in [0, 0.1) is 0 Å². The Bertz CT molecular complexity index is 204. The van der Waals surface area contributed by atoms with Gasteiger partial charge >= 0.3 is 5.97 Å². The van der Waals surface area contributed by atoms with Crippen molar-refractivity contribution >= 4 is 18.3 Å². The van der Waals surface area contributed by atoms with Crippen LogP contribution in [0.5, 0.6) is 0 Å². The van der Waals surface area contributed by atoms with E-state index in [1.807, 2.05) is 13.8 Å². The van der Waals surface area contributed by atoms with Crippen molar-refractivity contribution in [3.63, 3.8) is 0 Å². The van der Waals surface area contributed by atoms with Gasteiger partial charge in [0.2, 0.25) is 0 Å². The Morgan fingerprint density at radius 1 is 1.27 bits per heavy atom. The van der Waals surface area contributed by atoms with E-state index in [9.17, 15) is 14.4 Å². The van der Waals surface area contributed by atoms with E-state index in [2.05, 4.69) is 4.84 Å². The van der Waals surface area contributed by atoms with E-state index in [0.29, 0.717) is 11.5 Å². The third kappa shape index (κ3) is 7.66. The molecular weight excluding hydrogens is 198 g/mol. The number of amides is 2. The van der Waals surface area contributed by atoms with E-state index in [1.165, 1.54) is 0 Å². The lowest BCUT2D eigenvalue weighted by Gasteiger charge is -2.12. The molecule has 0 spiro atoms. The van der Waals surface area contributed by atoms with Gasteiger partial charge in [0.15, 0.2) is 0 Å². The van der Waals surface area contributed by atoms with Crippen molar-refractivity contribution in [2.24, 2.45) is 0 Å². The molecule has 0 aromatic carbocycles. The molecule has 0 aliphatic rings. The number of hydrogen-bond acceptors (Lipinski definition) is 4. The fourth-order valence-corrected chi connectivity index (χ4v) is 0.630. The largest absolute Gasteiger partial charge is 0.332 e. The van der Waals surface area contributed by atoms with E-state index in [1.54, 1.807) is 13.8 Å². The summed E-state index contributed by atoms with van der Waals surface area (Å²) in [6.07, 6.45) is 1.12.